The zero-order valence-corrected chi connectivity index (χ0v) is 16.3. The molecule has 1 aliphatic rings. The van der Waals surface area contributed by atoms with Crippen LogP contribution < -0.4 is 5.32 Å². The zero-order chi connectivity index (χ0) is 20.1. The first-order valence-corrected chi connectivity index (χ1v) is 9.40. The van der Waals surface area contributed by atoms with Gasteiger partial charge in [0.2, 0.25) is 5.91 Å². The Kier molecular flexibility index (Phi) is 6.31. The standard InChI is InChI=1S/C21H21ClN2O4/c1-14-11-17(22)8-9-18(14)23-19(25)13-28-21(27)16-6-4-15(5-7-16)12-24-10-2-3-20(24)26/h4-9,11H,2-3,10,12-13H2,1H3,(H,23,25). The number of nitrogens with one attached hydrogen (secondary N) is 1. The fourth-order valence-corrected chi connectivity index (χ4v) is 3.23. The molecule has 0 spiro atoms. The first-order chi connectivity index (χ1) is 13.4. The molecule has 0 bridgehead atoms. The number of carbonyl (C=O) groups excluding carboxylic acids is 3. The summed E-state index contributed by atoms with van der Waals surface area (Å²) in [5, 5.41) is 3.27. The zero-order valence-electron chi connectivity index (χ0n) is 15.5. The van der Waals surface area contributed by atoms with Gasteiger partial charge in [0.15, 0.2) is 6.61 Å². The van der Waals surface area contributed by atoms with Crippen LogP contribution in [0.1, 0.15) is 34.3 Å². The van der Waals surface area contributed by atoms with Crippen molar-refractivity contribution in [1.29, 1.82) is 0 Å². The average molecular weight is 401 g/mol. The molecule has 146 valence electrons. The summed E-state index contributed by atoms with van der Waals surface area (Å²) >= 11 is 5.89. The molecule has 0 unspecified atom stereocenters. The molecule has 1 N–H and O–H groups in total. The van der Waals surface area contributed by atoms with Gasteiger partial charge in [-0.2, -0.15) is 0 Å². The molecule has 0 aromatic heterocycles. The highest BCUT2D eigenvalue weighted by Crippen LogP contribution is 2.19. The number of nitrogens with zero attached hydrogens (tertiary/aromatic N) is 1. The van der Waals surface area contributed by atoms with Crippen molar-refractivity contribution in [1.82, 2.24) is 4.90 Å². The topological polar surface area (TPSA) is 75.7 Å². The third kappa shape index (κ3) is 5.10. The number of likely N-dealkylation sites (tertiary alicyclic amines) is 1. The molecule has 1 heterocycles. The number of aryl methyl sites for hydroxylation is 1. The van der Waals surface area contributed by atoms with Gasteiger partial charge in [0.05, 0.1) is 5.56 Å². The molecular formula is C21H21ClN2O4. The molecule has 2 aromatic rings. The van der Waals surface area contributed by atoms with Crippen molar-refractivity contribution in [3.05, 3.63) is 64.2 Å². The van der Waals surface area contributed by atoms with E-state index in [4.69, 9.17) is 16.3 Å². The van der Waals surface area contributed by atoms with Crippen LogP contribution in [0.4, 0.5) is 5.69 Å². The number of benzene rings is 2. The molecule has 28 heavy (non-hydrogen) atoms. The number of carbonyl (C=O) groups is 3. The van der Waals surface area contributed by atoms with Crippen LogP contribution in [0.2, 0.25) is 5.02 Å². The van der Waals surface area contributed by atoms with Gasteiger partial charge in [-0.25, -0.2) is 4.79 Å². The van der Waals surface area contributed by atoms with Gasteiger partial charge in [0.1, 0.15) is 0 Å². The molecule has 0 saturated carbocycles. The van der Waals surface area contributed by atoms with Gasteiger partial charge in [-0.15, -0.1) is 0 Å². The minimum Gasteiger partial charge on any atom is -0.452 e. The van der Waals surface area contributed by atoms with Crippen LogP contribution in [0.15, 0.2) is 42.5 Å². The van der Waals surface area contributed by atoms with E-state index in [0.29, 0.717) is 29.2 Å². The minimum absolute atomic E-state index is 0.158. The Bertz CT molecular complexity index is 896. The van der Waals surface area contributed by atoms with Crippen LogP contribution in [0.25, 0.3) is 0 Å². The maximum Gasteiger partial charge on any atom is 0.338 e. The first-order valence-electron chi connectivity index (χ1n) is 9.02. The largest absolute Gasteiger partial charge is 0.452 e. The van der Waals surface area contributed by atoms with Crippen molar-refractivity contribution in [3.8, 4) is 0 Å². The summed E-state index contributed by atoms with van der Waals surface area (Å²) in [6, 6.07) is 12.0. The minimum atomic E-state index is -0.577. The lowest BCUT2D eigenvalue weighted by molar-refractivity contribution is -0.128. The number of hydrogen-bond donors (Lipinski definition) is 1. The summed E-state index contributed by atoms with van der Waals surface area (Å²) in [6.07, 6.45) is 1.49. The molecule has 0 atom stereocenters. The van der Waals surface area contributed by atoms with Gasteiger partial charge in [-0.3, -0.25) is 9.59 Å². The predicted molar refractivity (Wildman–Crippen MR) is 106 cm³/mol. The molecule has 2 amide bonds. The lowest BCUT2D eigenvalue weighted by atomic mass is 10.1. The highest BCUT2D eigenvalue weighted by Gasteiger charge is 2.20. The number of ether oxygens (including phenoxy) is 1. The number of hydrogen-bond acceptors (Lipinski definition) is 4. The van der Waals surface area contributed by atoms with Crippen molar-refractivity contribution < 1.29 is 19.1 Å². The summed E-state index contributed by atoms with van der Waals surface area (Å²) in [4.78, 5) is 37.6. The Labute approximate surface area is 168 Å². The van der Waals surface area contributed by atoms with E-state index in [1.165, 1.54) is 0 Å². The van der Waals surface area contributed by atoms with Gasteiger partial charge in [-0.1, -0.05) is 23.7 Å². The van der Waals surface area contributed by atoms with Crippen molar-refractivity contribution in [2.24, 2.45) is 0 Å². The summed E-state index contributed by atoms with van der Waals surface area (Å²) < 4.78 is 5.07. The van der Waals surface area contributed by atoms with Gasteiger partial charge in [0.25, 0.3) is 5.91 Å². The number of anilines is 1. The van der Waals surface area contributed by atoms with Gasteiger partial charge in [-0.05, 0) is 54.8 Å². The van der Waals surface area contributed by atoms with Crippen molar-refractivity contribution >= 4 is 35.1 Å². The van der Waals surface area contributed by atoms with Crippen molar-refractivity contribution in [2.75, 3.05) is 18.5 Å². The summed E-state index contributed by atoms with van der Waals surface area (Å²) in [6.45, 7) is 2.75. The van der Waals surface area contributed by atoms with Crippen molar-refractivity contribution in [3.63, 3.8) is 0 Å². The van der Waals surface area contributed by atoms with E-state index in [1.807, 2.05) is 6.92 Å². The lowest BCUT2D eigenvalue weighted by Crippen LogP contribution is -2.24. The number of amides is 2. The van der Waals surface area contributed by atoms with E-state index in [2.05, 4.69) is 5.32 Å². The van der Waals surface area contributed by atoms with Crippen LogP contribution in [0.5, 0.6) is 0 Å². The van der Waals surface area contributed by atoms with E-state index in [9.17, 15) is 14.4 Å². The van der Waals surface area contributed by atoms with Crippen LogP contribution in [0, 0.1) is 6.92 Å². The van der Waals surface area contributed by atoms with Crippen molar-refractivity contribution in [2.45, 2.75) is 26.3 Å². The smallest absolute Gasteiger partial charge is 0.338 e. The quantitative estimate of drug-likeness (QED) is 0.752. The van der Waals surface area contributed by atoms with E-state index in [1.54, 1.807) is 47.4 Å². The van der Waals surface area contributed by atoms with E-state index in [-0.39, 0.29) is 12.5 Å². The lowest BCUT2D eigenvalue weighted by Gasteiger charge is -2.15. The molecule has 1 saturated heterocycles. The number of halogens is 1. The Morgan fingerprint density at radius 3 is 2.57 bits per heavy atom. The van der Waals surface area contributed by atoms with Crippen LogP contribution >= 0.6 is 11.6 Å². The Balaban J connectivity index is 1.50. The van der Waals surface area contributed by atoms with Crippen LogP contribution in [-0.4, -0.2) is 35.8 Å². The summed E-state index contributed by atoms with van der Waals surface area (Å²) in [5.41, 5.74) is 2.74. The second-order valence-corrected chi connectivity index (χ2v) is 7.14. The maximum absolute atomic E-state index is 12.1. The fraction of sp³-hybridized carbons (Fsp3) is 0.286. The van der Waals surface area contributed by atoms with Gasteiger partial charge < -0.3 is 15.0 Å². The third-order valence-corrected chi connectivity index (χ3v) is 4.77. The fourth-order valence-electron chi connectivity index (χ4n) is 3.01. The maximum atomic E-state index is 12.1. The molecule has 2 aromatic carbocycles. The predicted octanol–water partition coefficient (Wildman–Crippen LogP) is 3.57. The normalized spacial score (nSPS) is 13.5. The van der Waals surface area contributed by atoms with Gasteiger partial charge in [0, 0.05) is 30.2 Å². The molecule has 7 heteroatoms. The highest BCUT2D eigenvalue weighted by molar-refractivity contribution is 6.30. The number of esters is 1. The second-order valence-electron chi connectivity index (χ2n) is 6.70. The molecule has 6 nitrogen and oxygen atoms in total. The summed E-state index contributed by atoms with van der Waals surface area (Å²) in [7, 11) is 0. The highest BCUT2D eigenvalue weighted by atomic mass is 35.5. The molecule has 1 aliphatic heterocycles. The average Bonchev–Trinajstić information content (AvgIpc) is 3.07. The van der Waals surface area contributed by atoms with Crippen LogP contribution in [-0.2, 0) is 20.9 Å². The van der Waals surface area contributed by atoms with Gasteiger partial charge >= 0.3 is 5.97 Å². The molecule has 0 radical (unpaired) electrons. The Morgan fingerprint density at radius 2 is 1.93 bits per heavy atom. The van der Waals surface area contributed by atoms with E-state index in [0.717, 1.165) is 24.1 Å². The number of rotatable bonds is 6. The SMILES string of the molecule is Cc1cc(Cl)ccc1NC(=O)COC(=O)c1ccc(CN2CCCC2=O)cc1. The second kappa shape index (κ2) is 8.89. The van der Waals surface area contributed by atoms with E-state index < -0.39 is 11.9 Å². The Morgan fingerprint density at radius 1 is 1.18 bits per heavy atom. The molecule has 0 aliphatic carbocycles. The summed E-state index contributed by atoms with van der Waals surface area (Å²) in [5.74, 6) is -0.847. The Hall–Kier alpha value is -2.86. The first kappa shape index (κ1) is 19.9. The van der Waals surface area contributed by atoms with E-state index >= 15 is 0 Å². The molecule has 3 rings (SSSR count). The third-order valence-electron chi connectivity index (χ3n) is 4.53. The van der Waals surface area contributed by atoms with Crippen LogP contribution in [0.3, 0.4) is 0 Å². The molecule has 1 fully saturated rings. The monoisotopic (exact) mass is 400 g/mol. The molecular weight excluding hydrogens is 380 g/mol.